The van der Waals surface area contributed by atoms with E-state index in [0.717, 1.165) is 29.8 Å². The van der Waals surface area contributed by atoms with Gasteiger partial charge in [-0.1, -0.05) is 34.1 Å². The third-order valence-electron chi connectivity index (χ3n) is 3.96. The Balaban J connectivity index is 1.73. The van der Waals surface area contributed by atoms with E-state index in [1.807, 2.05) is 42.5 Å². The van der Waals surface area contributed by atoms with Crippen LogP contribution < -0.4 is 5.32 Å². The van der Waals surface area contributed by atoms with E-state index < -0.39 is 0 Å². The topological polar surface area (TPSA) is 32.3 Å². The van der Waals surface area contributed by atoms with Crippen LogP contribution in [0.15, 0.2) is 53.0 Å². The van der Waals surface area contributed by atoms with Gasteiger partial charge in [0.25, 0.3) is 5.91 Å². The van der Waals surface area contributed by atoms with Gasteiger partial charge in [0.1, 0.15) is 0 Å². The molecule has 0 unspecified atom stereocenters. The summed E-state index contributed by atoms with van der Waals surface area (Å²) in [6.07, 6.45) is 2.54. The van der Waals surface area contributed by atoms with Gasteiger partial charge in [0.15, 0.2) is 0 Å². The molecule has 0 spiro atoms. The molecule has 0 bridgehead atoms. The second kappa shape index (κ2) is 7.07. The van der Waals surface area contributed by atoms with Crippen LogP contribution in [0.25, 0.3) is 0 Å². The minimum absolute atomic E-state index is 0.0682. The van der Waals surface area contributed by atoms with E-state index in [0.29, 0.717) is 5.56 Å². The normalized spacial score (nSPS) is 15.0. The van der Waals surface area contributed by atoms with Crippen LogP contribution >= 0.6 is 15.9 Å². The molecule has 1 heterocycles. The van der Waals surface area contributed by atoms with Crippen molar-refractivity contribution in [2.45, 2.75) is 19.4 Å². The number of rotatable bonds is 4. The summed E-state index contributed by atoms with van der Waals surface area (Å²) >= 11 is 3.38. The van der Waals surface area contributed by atoms with Crippen LogP contribution in [0.1, 0.15) is 28.8 Å². The average Bonchev–Trinajstić information content (AvgIpc) is 3.03. The largest absolute Gasteiger partial charge is 0.322 e. The number of carbonyl (C=O) groups excluding carboxylic acids is 1. The van der Waals surface area contributed by atoms with Gasteiger partial charge in [-0.05, 0) is 61.8 Å². The number of likely N-dealkylation sites (tertiary alicyclic amines) is 1. The van der Waals surface area contributed by atoms with Crippen LogP contribution in [0.3, 0.4) is 0 Å². The quantitative estimate of drug-likeness (QED) is 0.883. The zero-order valence-electron chi connectivity index (χ0n) is 12.4. The summed E-state index contributed by atoms with van der Waals surface area (Å²) in [4.78, 5) is 14.8. The standard InChI is InChI=1S/C18H19BrN2O/c19-16-9-7-14(8-10-16)18(22)20-17-6-2-1-5-15(17)13-21-11-3-4-12-21/h1-2,5-10H,3-4,11-13H2,(H,20,22). The van der Waals surface area contributed by atoms with Crippen molar-refractivity contribution in [1.82, 2.24) is 4.90 Å². The summed E-state index contributed by atoms with van der Waals surface area (Å²) in [7, 11) is 0. The van der Waals surface area contributed by atoms with Crippen LogP contribution in [0.2, 0.25) is 0 Å². The van der Waals surface area contributed by atoms with E-state index in [4.69, 9.17) is 0 Å². The summed E-state index contributed by atoms with van der Waals surface area (Å²) in [5.41, 5.74) is 2.75. The third-order valence-corrected chi connectivity index (χ3v) is 4.49. The average molecular weight is 359 g/mol. The van der Waals surface area contributed by atoms with Crippen molar-refractivity contribution in [3.05, 3.63) is 64.1 Å². The first kappa shape index (κ1) is 15.3. The number of hydrogen-bond donors (Lipinski definition) is 1. The molecule has 2 aromatic carbocycles. The highest BCUT2D eigenvalue weighted by atomic mass is 79.9. The zero-order valence-corrected chi connectivity index (χ0v) is 14.0. The van der Waals surface area contributed by atoms with Gasteiger partial charge in [0, 0.05) is 22.3 Å². The van der Waals surface area contributed by atoms with Gasteiger partial charge in [-0.25, -0.2) is 0 Å². The number of hydrogen-bond acceptors (Lipinski definition) is 2. The van der Waals surface area contributed by atoms with Crippen LogP contribution in [0.4, 0.5) is 5.69 Å². The monoisotopic (exact) mass is 358 g/mol. The van der Waals surface area contributed by atoms with E-state index >= 15 is 0 Å². The molecule has 4 heteroatoms. The zero-order chi connectivity index (χ0) is 15.4. The summed E-state index contributed by atoms with van der Waals surface area (Å²) in [5, 5.41) is 3.04. The molecule has 0 aromatic heterocycles. The van der Waals surface area contributed by atoms with Crippen molar-refractivity contribution in [3.63, 3.8) is 0 Å². The van der Waals surface area contributed by atoms with Gasteiger partial charge in [-0.2, -0.15) is 0 Å². The number of benzene rings is 2. The molecule has 3 nitrogen and oxygen atoms in total. The Hall–Kier alpha value is -1.65. The molecule has 0 aliphatic carbocycles. The molecule has 1 fully saturated rings. The predicted octanol–water partition coefficient (Wildman–Crippen LogP) is 4.30. The Morgan fingerprint density at radius 3 is 2.45 bits per heavy atom. The maximum Gasteiger partial charge on any atom is 0.255 e. The Labute approximate surface area is 139 Å². The highest BCUT2D eigenvalue weighted by Gasteiger charge is 2.14. The Bertz CT molecular complexity index is 648. The van der Waals surface area contributed by atoms with Gasteiger partial charge >= 0.3 is 0 Å². The maximum atomic E-state index is 12.4. The number of anilines is 1. The Morgan fingerprint density at radius 1 is 1.05 bits per heavy atom. The van der Waals surface area contributed by atoms with Gasteiger partial charge < -0.3 is 5.32 Å². The van der Waals surface area contributed by atoms with E-state index in [2.05, 4.69) is 32.2 Å². The fourth-order valence-corrected chi connectivity index (χ4v) is 3.02. The molecular weight excluding hydrogens is 340 g/mol. The highest BCUT2D eigenvalue weighted by Crippen LogP contribution is 2.21. The van der Waals surface area contributed by atoms with E-state index in [1.54, 1.807) is 0 Å². The number of carbonyl (C=O) groups is 1. The number of nitrogens with one attached hydrogen (secondary N) is 1. The van der Waals surface area contributed by atoms with Crippen molar-refractivity contribution in [2.24, 2.45) is 0 Å². The maximum absolute atomic E-state index is 12.4. The number of halogens is 1. The molecule has 0 radical (unpaired) electrons. The van der Waals surface area contributed by atoms with Crippen molar-refractivity contribution in [3.8, 4) is 0 Å². The van der Waals surface area contributed by atoms with E-state index in [1.165, 1.54) is 18.4 Å². The number of nitrogens with zero attached hydrogens (tertiary/aromatic N) is 1. The SMILES string of the molecule is O=C(Nc1ccccc1CN1CCCC1)c1ccc(Br)cc1. The molecule has 3 rings (SSSR count). The van der Waals surface area contributed by atoms with Gasteiger partial charge in [0.05, 0.1) is 0 Å². The Kier molecular flexibility index (Phi) is 4.90. The smallest absolute Gasteiger partial charge is 0.255 e. The molecule has 2 aromatic rings. The number of para-hydroxylation sites is 1. The lowest BCUT2D eigenvalue weighted by molar-refractivity contribution is 0.102. The first-order valence-electron chi connectivity index (χ1n) is 7.59. The second-order valence-electron chi connectivity index (χ2n) is 5.60. The van der Waals surface area contributed by atoms with Crippen LogP contribution in [0.5, 0.6) is 0 Å². The molecule has 114 valence electrons. The minimum Gasteiger partial charge on any atom is -0.322 e. The van der Waals surface area contributed by atoms with Crippen molar-refractivity contribution < 1.29 is 4.79 Å². The fraction of sp³-hybridized carbons (Fsp3) is 0.278. The lowest BCUT2D eigenvalue weighted by Crippen LogP contribution is -2.20. The first-order chi connectivity index (χ1) is 10.7. The Morgan fingerprint density at radius 2 is 1.73 bits per heavy atom. The van der Waals surface area contributed by atoms with Crippen LogP contribution in [-0.2, 0) is 6.54 Å². The van der Waals surface area contributed by atoms with Crippen molar-refractivity contribution in [1.29, 1.82) is 0 Å². The van der Waals surface area contributed by atoms with Crippen molar-refractivity contribution in [2.75, 3.05) is 18.4 Å². The van der Waals surface area contributed by atoms with Crippen LogP contribution in [0, 0.1) is 0 Å². The number of amides is 1. The molecule has 22 heavy (non-hydrogen) atoms. The molecule has 1 saturated heterocycles. The predicted molar refractivity (Wildman–Crippen MR) is 93.0 cm³/mol. The van der Waals surface area contributed by atoms with Gasteiger partial charge in [-0.3, -0.25) is 9.69 Å². The fourth-order valence-electron chi connectivity index (χ4n) is 2.76. The summed E-state index contributed by atoms with van der Waals surface area (Å²) in [6, 6.07) is 15.5. The minimum atomic E-state index is -0.0682. The molecule has 0 atom stereocenters. The molecule has 1 aliphatic rings. The summed E-state index contributed by atoms with van der Waals surface area (Å²) in [6.45, 7) is 3.20. The summed E-state index contributed by atoms with van der Waals surface area (Å²) in [5.74, 6) is -0.0682. The lowest BCUT2D eigenvalue weighted by Gasteiger charge is -2.17. The van der Waals surface area contributed by atoms with Gasteiger partial charge in [0.2, 0.25) is 0 Å². The van der Waals surface area contributed by atoms with Crippen LogP contribution in [-0.4, -0.2) is 23.9 Å². The van der Waals surface area contributed by atoms with E-state index in [-0.39, 0.29) is 5.91 Å². The van der Waals surface area contributed by atoms with Crippen molar-refractivity contribution >= 4 is 27.5 Å². The first-order valence-corrected chi connectivity index (χ1v) is 8.39. The lowest BCUT2D eigenvalue weighted by atomic mass is 10.1. The van der Waals surface area contributed by atoms with E-state index in [9.17, 15) is 4.79 Å². The molecule has 1 aliphatic heterocycles. The molecule has 1 amide bonds. The second-order valence-corrected chi connectivity index (χ2v) is 6.52. The third kappa shape index (κ3) is 3.76. The van der Waals surface area contributed by atoms with Gasteiger partial charge in [-0.15, -0.1) is 0 Å². The summed E-state index contributed by atoms with van der Waals surface area (Å²) < 4.78 is 0.971. The molecule has 1 N–H and O–H groups in total. The molecular formula is C18H19BrN2O. The molecule has 0 saturated carbocycles. The highest BCUT2D eigenvalue weighted by molar-refractivity contribution is 9.10.